The Labute approximate surface area is 140 Å². The van der Waals surface area contributed by atoms with Gasteiger partial charge in [-0.1, -0.05) is 67.4 Å². The molecule has 0 aromatic heterocycles. The maximum atomic E-state index is 12.7. The number of ketones is 1. The molecule has 1 aliphatic rings. The van der Waals surface area contributed by atoms with E-state index in [-0.39, 0.29) is 16.5 Å². The topological polar surface area (TPSA) is 46.2 Å². The molecule has 1 aliphatic carbocycles. The van der Waals surface area contributed by atoms with E-state index in [2.05, 4.69) is 35.1 Å². The van der Waals surface area contributed by atoms with Gasteiger partial charge in [-0.2, -0.15) is 0 Å². The van der Waals surface area contributed by atoms with E-state index in [4.69, 9.17) is 0 Å². The number of nitrogens with one attached hydrogen (secondary N) is 1. The molecule has 0 aliphatic heterocycles. The molecule has 118 valence electrons. The molecule has 22 heavy (non-hydrogen) atoms. The Morgan fingerprint density at radius 2 is 1.86 bits per heavy atom. The van der Waals surface area contributed by atoms with Crippen LogP contribution in [0.3, 0.4) is 0 Å². The molecule has 2 atom stereocenters. The Morgan fingerprint density at radius 1 is 1.23 bits per heavy atom. The van der Waals surface area contributed by atoms with Crippen LogP contribution < -0.4 is 5.32 Å². The lowest BCUT2D eigenvalue weighted by Crippen LogP contribution is -2.27. The smallest absolute Gasteiger partial charge is 0.224 e. The van der Waals surface area contributed by atoms with Crippen molar-refractivity contribution >= 4 is 33.2 Å². The van der Waals surface area contributed by atoms with Crippen molar-refractivity contribution < 1.29 is 9.59 Å². The molecule has 1 aromatic rings. The number of alkyl halides is 1. The summed E-state index contributed by atoms with van der Waals surface area (Å²) in [6.07, 6.45) is 2.18. The van der Waals surface area contributed by atoms with Crippen molar-refractivity contribution in [2.45, 2.75) is 44.9 Å². The first-order valence-electron chi connectivity index (χ1n) is 7.83. The van der Waals surface area contributed by atoms with Gasteiger partial charge in [-0.05, 0) is 17.9 Å². The van der Waals surface area contributed by atoms with E-state index in [1.807, 2.05) is 31.2 Å². The summed E-state index contributed by atoms with van der Waals surface area (Å²) in [6, 6.07) is 7.57. The zero-order chi connectivity index (χ0) is 16.3. The third-order valence-electron chi connectivity index (χ3n) is 4.12. The number of carbonyl (C=O) groups excluding carboxylic acids is 2. The summed E-state index contributed by atoms with van der Waals surface area (Å²) in [5.41, 5.74) is 2.97. The Morgan fingerprint density at radius 3 is 2.45 bits per heavy atom. The van der Waals surface area contributed by atoms with E-state index in [0.717, 1.165) is 24.0 Å². The standard InChI is InChI=1S/C18H22BrNO2/c1-4-8-14(21)20-17-15(16(19)11(3)5-2)12-9-6-7-10-13(12)18(17)22/h6-7,9-11,16H,4-5,8H2,1-3H3,(H,20,21,22). The molecule has 1 amide bonds. The number of rotatable bonds is 6. The Hall–Kier alpha value is -1.42. The Bertz CT molecular complexity index is 621. The fraction of sp³-hybridized carbons (Fsp3) is 0.444. The molecule has 0 saturated carbocycles. The van der Waals surface area contributed by atoms with Crippen LogP contribution in [0, 0.1) is 5.92 Å². The first kappa shape index (κ1) is 16.9. The van der Waals surface area contributed by atoms with Crippen molar-refractivity contribution in [2.75, 3.05) is 0 Å². The molecule has 3 nitrogen and oxygen atoms in total. The predicted molar refractivity (Wildman–Crippen MR) is 92.9 cm³/mol. The zero-order valence-electron chi connectivity index (χ0n) is 13.3. The van der Waals surface area contributed by atoms with Crippen molar-refractivity contribution in [3.8, 4) is 0 Å². The molecule has 0 radical (unpaired) electrons. The maximum Gasteiger partial charge on any atom is 0.224 e. The lowest BCUT2D eigenvalue weighted by atomic mass is 9.94. The number of carbonyl (C=O) groups is 2. The molecule has 0 saturated heterocycles. The third-order valence-corrected chi connectivity index (χ3v) is 5.48. The van der Waals surface area contributed by atoms with Gasteiger partial charge in [-0.15, -0.1) is 0 Å². The largest absolute Gasteiger partial charge is 0.323 e. The van der Waals surface area contributed by atoms with Crippen LogP contribution in [0.1, 0.15) is 56.0 Å². The van der Waals surface area contributed by atoms with Gasteiger partial charge in [0.1, 0.15) is 0 Å². The summed E-state index contributed by atoms with van der Waals surface area (Å²) in [4.78, 5) is 24.7. The van der Waals surface area contributed by atoms with Gasteiger partial charge in [-0.3, -0.25) is 9.59 Å². The molecule has 0 bridgehead atoms. The van der Waals surface area contributed by atoms with Gasteiger partial charge >= 0.3 is 0 Å². The predicted octanol–water partition coefficient (Wildman–Crippen LogP) is 4.32. The van der Waals surface area contributed by atoms with Crippen LogP contribution >= 0.6 is 15.9 Å². The first-order valence-corrected chi connectivity index (χ1v) is 8.74. The summed E-state index contributed by atoms with van der Waals surface area (Å²) in [6.45, 7) is 6.22. The lowest BCUT2D eigenvalue weighted by molar-refractivity contribution is -0.120. The van der Waals surface area contributed by atoms with Crippen molar-refractivity contribution in [1.29, 1.82) is 0 Å². The van der Waals surface area contributed by atoms with Crippen LogP contribution in [-0.4, -0.2) is 16.5 Å². The van der Waals surface area contributed by atoms with Crippen molar-refractivity contribution in [3.05, 3.63) is 41.1 Å². The summed E-state index contributed by atoms with van der Waals surface area (Å²) in [7, 11) is 0. The summed E-state index contributed by atoms with van der Waals surface area (Å²) in [5.74, 6) is 0.190. The van der Waals surface area contributed by atoms with Crippen molar-refractivity contribution in [2.24, 2.45) is 5.92 Å². The second-order valence-electron chi connectivity index (χ2n) is 5.75. The molecule has 1 N–H and O–H groups in total. The summed E-state index contributed by atoms with van der Waals surface area (Å²) < 4.78 is 0. The molecular weight excluding hydrogens is 342 g/mol. The van der Waals surface area contributed by atoms with Gasteiger partial charge in [0.15, 0.2) is 0 Å². The number of Topliss-reactive ketones (excluding diaryl/α,β-unsaturated/α-hetero) is 1. The number of hydrogen-bond donors (Lipinski definition) is 1. The van der Waals surface area contributed by atoms with E-state index >= 15 is 0 Å². The van der Waals surface area contributed by atoms with E-state index in [9.17, 15) is 9.59 Å². The molecular formula is C18H22BrNO2. The highest BCUT2D eigenvalue weighted by Crippen LogP contribution is 2.40. The number of hydrogen-bond acceptors (Lipinski definition) is 2. The van der Waals surface area contributed by atoms with Gasteiger partial charge < -0.3 is 5.32 Å². The second kappa shape index (κ2) is 7.23. The highest BCUT2D eigenvalue weighted by atomic mass is 79.9. The van der Waals surface area contributed by atoms with Crippen LogP contribution in [0.4, 0.5) is 0 Å². The van der Waals surface area contributed by atoms with E-state index in [1.54, 1.807) is 0 Å². The van der Waals surface area contributed by atoms with E-state index < -0.39 is 0 Å². The highest BCUT2D eigenvalue weighted by Gasteiger charge is 2.35. The molecule has 2 rings (SSSR count). The van der Waals surface area contributed by atoms with Crippen LogP contribution in [0.5, 0.6) is 0 Å². The van der Waals surface area contributed by atoms with Crippen LogP contribution in [-0.2, 0) is 4.79 Å². The fourth-order valence-corrected chi connectivity index (χ4v) is 3.49. The number of fused-ring (bicyclic) bond motifs is 1. The van der Waals surface area contributed by atoms with E-state index in [1.165, 1.54) is 0 Å². The van der Waals surface area contributed by atoms with Gasteiger partial charge in [0.2, 0.25) is 11.7 Å². The molecule has 1 aromatic carbocycles. The van der Waals surface area contributed by atoms with Gasteiger partial charge in [0.05, 0.1) is 5.70 Å². The minimum Gasteiger partial charge on any atom is -0.323 e. The molecule has 4 heteroatoms. The average molecular weight is 364 g/mol. The third kappa shape index (κ3) is 3.17. The van der Waals surface area contributed by atoms with Gasteiger partial charge in [-0.25, -0.2) is 0 Å². The van der Waals surface area contributed by atoms with Crippen LogP contribution in [0.25, 0.3) is 5.57 Å². The van der Waals surface area contributed by atoms with E-state index in [0.29, 0.717) is 23.6 Å². The lowest BCUT2D eigenvalue weighted by Gasteiger charge is -2.20. The highest BCUT2D eigenvalue weighted by molar-refractivity contribution is 9.09. The molecule has 0 heterocycles. The maximum absolute atomic E-state index is 12.7. The number of benzene rings is 1. The quantitative estimate of drug-likeness (QED) is 0.764. The number of amides is 1. The normalized spacial score (nSPS) is 16.5. The van der Waals surface area contributed by atoms with Crippen LogP contribution in [0.2, 0.25) is 0 Å². The second-order valence-corrected chi connectivity index (χ2v) is 6.74. The monoisotopic (exact) mass is 363 g/mol. The minimum absolute atomic E-state index is 0.0435. The summed E-state index contributed by atoms with van der Waals surface area (Å²) in [5, 5.41) is 2.85. The Kier molecular flexibility index (Phi) is 5.57. The fourth-order valence-electron chi connectivity index (χ4n) is 2.64. The summed E-state index contributed by atoms with van der Waals surface area (Å²) >= 11 is 3.74. The van der Waals surface area contributed by atoms with Crippen molar-refractivity contribution in [1.82, 2.24) is 5.32 Å². The molecule has 0 fully saturated rings. The SMILES string of the molecule is CCCC(=O)NC1=C(C(Br)C(C)CC)c2ccccc2C1=O. The van der Waals surface area contributed by atoms with Gasteiger partial charge in [0.25, 0.3) is 0 Å². The first-order chi connectivity index (χ1) is 10.5. The average Bonchev–Trinajstić information content (AvgIpc) is 2.79. The minimum atomic E-state index is -0.0972. The molecule has 2 unspecified atom stereocenters. The Balaban J connectivity index is 2.47. The van der Waals surface area contributed by atoms with Crippen molar-refractivity contribution in [3.63, 3.8) is 0 Å². The molecule has 0 spiro atoms. The van der Waals surface area contributed by atoms with Gasteiger partial charge in [0, 0.05) is 22.4 Å². The number of allylic oxidation sites excluding steroid dienone is 2. The van der Waals surface area contributed by atoms with Crippen LogP contribution in [0.15, 0.2) is 30.0 Å². The number of halogens is 1. The zero-order valence-corrected chi connectivity index (χ0v) is 14.9.